The Morgan fingerprint density at radius 2 is 1.54 bits per heavy atom. The van der Waals surface area contributed by atoms with Crippen LogP contribution in [0.3, 0.4) is 0 Å². The summed E-state index contributed by atoms with van der Waals surface area (Å²) in [5, 5.41) is 3.89. The molecule has 3 heteroatoms. The fourth-order valence-corrected chi connectivity index (χ4v) is 3.45. The maximum Gasteiger partial charge on any atom is 0.213 e. The Morgan fingerprint density at radius 1 is 0.846 bits per heavy atom. The zero-order chi connectivity index (χ0) is 17.9. The topological polar surface area (TPSA) is 16.4 Å². The first-order chi connectivity index (χ1) is 12.8. The number of benzene rings is 3. The van der Waals surface area contributed by atoms with Crippen LogP contribution in [0.15, 0.2) is 79.0 Å². The molecular weight excluding hydrogens is 320 g/mol. The number of likely N-dealkylation sites (N-methyl/N-ethyl adjacent to an activating group) is 1. The highest BCUT2D eigenvalue weighted by atomic mass is 16.5. The number of anilines is 1. The summed E-state index contributed by atoms with van der Waals surface area (Å²) in [5.74, 6) is 0.886. The lowest BCUT2D eigenvalue weighted by Crippen LogP contribution is -2.40. The number of aromatic nitrogens is 1. The van der Waals surface area contributed by atoms with Crippen molar-refractivity contribution in [2.75, 3.05) is 25.6 Å². The molecule has 0 radical (unpaired) electrons. The summed E-state index contributed by atoms with van der Waals surface area (Å²) < 4.78 is 7.60. The van der Waals surface area contributed by atoms with E-state index in [0.29, 0.717) is 0 Å². The Kier molecular flexibility index (Phi) is 4.44. The molecule has 0 saturated heterocycles. The zero-order valence-electron chi connectivity index (χ0n) is 15.2. The molecule has 26 heavy (non-hydrogen) atoms. The van der Waals surface area contributed by atoms with Gasteiger partial charge in [0, 0.05) is 29.6 Å². The van der Waals surface area contributed by atoms with Gasteiger partial charge in [-0.05, 0) is 36.4 Å². The van der Waals surface area contributed by atoms with Crippen LogP contribution in [-0.4, -0.2) is 20.7 Å². The Bertz CT molecular complexity index is 1040. The molecule has 1 heterocycles. The summed E-state index contributed by atoms with van der Waals surface area (Å²) >= 11 is 0. The number of nitrogens with zero attached hydrogens (tertiary/aromatic N) is 2. The normalized spacial score (nSPS) is 11.0. The molecule has 4 rings (SSSR count). The summed E-state index contributed by atoms with van der Waals surface area (Å²) in [6.07, 6.45) is 2.26. The largest absolute Gasteiger partial charge is 0.497 e. The van der Waals surface area contributed by atoms with Crippen molar-refractivity contribution in [1.82, 2.24) is 0 Å². The Balaban J connectivity index is 1.63. The third kappa shape index (κ3) is 3.08. The lowest BCUT2D eigenvalue weighted by molar-refractivity contribution is -0.667. The van der Waals surface area contributed by atoms with Gasteiger partial charge in [0.05, 0.1) is 19.0 Å². The van der Waals surface area contributed by atoms with E-state index in [1.54, 1.807) is 7.11 Å². The molecule has 0 aliphatic carbocycles. The van der Waals surface area contributed by atoms with Gasteiger partial charge in [0.2, 0.25) is 5.52 Å². The van der Waals surface area contributed by atoms with Crippen LogP contribution in [0.25, 0.3) is 21.7 Å². The molecule has 4 aromatic rings. The van der Waals surface area contributed by atoms with Crippen molar-refractivity contribution < 1.29 is 9.30 Å². The predicted molar refractivity (Wildman–Crippen MR) is 108 cm³/mol. The van der Waals surface area contributed by atoms with Crippen LogP contribution in [0.4, 0.5) is 5.69 Å². The van der Waals surface area contributed by atoms with E-state index in [2.05, 4.69) is 83.4 Å². The lowest BCUT2D eigenvalue weighted by atomic mass is 10.1. The van der Waals surface area contributed by atoms with Crippen molar-refractivity contribution in [1.29, 1.82) is 0 Å². The van der Waals surface area contributed by atoms with Crippen LogP contribution < -0.4 is 14.2 Å². The van der Waals surface area contributed by atoms with Crippen LogP contribution >= 0.6 is 0 Å². The van der Waals surface area contributed by atoms with E-state index in [4.69, 9.17) is 4.74 Å². The van der Waals surface area contributed by atoms with Gasteiger partial charge >= 0.3 is 0 Å². The van der Waals surface area contributed by atoms with Gasteiger partial charge in [0.1, 0.15) is 5.75 Å². The average molecular weight is 343 g/mol. The molecule has 3 aromatic carbocycles. The maximum atomic E-state index is 5.24. The van der Waals surface area contributed by atoms with E-state index in [1.807, 2.05) is 12.1 Å². The highest BCUT2D eigenvalue weighted by molar-refractivity contribution is 6.03. The molecule has 1 aromatic heterocycles. The van der Waals surface area contributed by atoms with Crippen LogP contribution in [-0.2, 0) is 6.54 Å². The number of pyridine rings is 1. The summed E-state index contributed by atoms with van der Waals surface area (Å²) in [6, 6.07) is 25.4. The van der Waals surface area contributed by atoms with Gasteiger partial charge in [-0.2, -0.15) is 4.57 Å². The monoisotopic (exact) mass is 343 g/mol. The van der Waals surface area contributed by atoms with Crippen molar-refractivity contribution in [2.45, 2.75) is 6.54 Å². The number of ether oxygens (including phenoxy) is 1. The molecule has 0 unspecified atom stereocenters. The third-order valence-corrected chi connectivity index (χ3v) is 4.95. The molecule has 0 N–H and O–H groups in total. The second kappa shape index (κ2) is 7.04. The minimum atomic E-state index is 0.886. The van der Waals surface area contributed by atoms with E-state index in [1.165, 1.54) is 27.4 Å². The SMILES string of the molecule is COc1ccc(N(C)CC[n+]2cc3ccccc3c3ccccc32)cc1. The van der Waals surface area contributed by atoms with Gasteiger partial charge in [-0.1, -0.05) is 30.3 Å². The van der Waals surface area contributed by atoms with Crippen molar-refractivity contribution in [3.8, 4) is 5.75 Å². The van der Waals surface area contributed by atoms with Gasteiger partial charge in [0.25, 0.3) is 0 Å². The smallest absolute Gasteiger partial charge is 0.213 e. The fraction of sp³-hybridized carbons (Fsp3) is 0.174. The third-order valence-electron chi connectivity index (χ3n) is 4.95. The minimum absolute atomic E-state index is 0.886. The standard InChI is InChI=1S/C23H23N2O/c1-24(19-11-13-20(26-2)14-12-19)15-16-25-17-18-7-3-4-8-21(18)22-9-5-6-10-23(22)25/h3-14,17H,15-16H2,1-2H3/q+1. The first-order valence-corrected chi connectivity index (χ1v) is 8.91. The first kappa shape index (κ1) is 16.4. The number of rotatable bonds is 5. The van der Waals surface area contributed by atoms with E-state index in [9.17, 15) is 0 Å². The molecule has 0 aliphatic heterocycles. The number of para-hydroxylation sites is 1. The number of fused-ring (bicyclic) bond motifs is 3. The quantitative estimate of drug-likeness (QED) is 0.394. The second-order valence-electron chi connectivity index (χ2n) is 6.55. The molecule has 0 amide bonds. The fourth-order valence-electron chi connectivity index (χ4n) is 3.45. The van der Waals surface area contributed by atoms with Gasteiger partial charge in [0.15, 0.2) is 12.7 Å². The van der Waals surface area contributed by atoms with E-state index >= 15 is 0 Å². The van der Waals surface area contributed by atoms with Crippen molar-refractivity contribution in [2.24, 2.45) is 0 Å². The van der Waals surface area contributed by atoms with Crippen molar-refractivity contribution >= 4 is 27.4 Å². The average Bonchev–Trinajstić information content (AvgIpc) is 2.72. The van der Waals surface area contributed by atoms with Gasteiger partial charge in [-0.15, -0.1) is 0 Å². The molecule has 0 saturated carbocycles. The molecule has 130 valence electrons. The highest BCUT2D eigenvalue weighted by Crippen LogP contribution is 2.22. The summed E-state index contributed by atoms with van der Waals surface area (Å²) in [7, 11) is 3.83. The molecule has 0 atom stereocenters. The van der Waals surface area contributed by atoms with Crippen molar-refractivity contribution in [3.05, 3.63) is 79.0 Å². The van der Waals surface area contributed by atoms with Gasteiger partial charge in [-0.25, -0.2) is 0 Å². The first-order valence-electron chi connectivity index (χ1n) is 8.91. The zero-order valence-corrected chi connectivity index (χ0v) is 15.2. The van der Waals surface area contributed by atoms with Crippen LogP contribution in [0.5, 0.6) is 5.75 Å². The van der Waals surface area contributed by atoms with Crippen LogP contribution in [0, 0.1) is 0 Å². The number of methoxy groups -OCH3 is 1. The van der Waals surface area contributed by atoms with E-state index < -0.39 is 0 Å². The Morgan fingerprint density at radius 3 is 2.31 bits per heavy atom. The van der Waals surface area contributed by atoms with Gasteiger partial charge in [-0.3, -0.25) is 0 Å². The summed E-state index contributed by atoms with van der Waals surface area (Å²) in [6.45, 7) is 1.85. The predicted octanol–water partition coefficient (Wildman–Crippen LogP) is 4.43. The van der Waals surface area contributed by atoms with E-state index in [-0.39, 0.29) is 0 Å². The van der Waals surface area contributed by atoms with Crippen molar-refractivity contribution in [3.63, 3.8) is 0 Å². The Hall–Kier alpha value is -3.07. The van der Waals surface area contributed by atoms with E-state index in [0.717, 1.165) is 18.8 Å². The van der Waals surface area contributed by atoms with Crippen LogP contribution in [0.1, 0.15) is 0 Å². The summed E-state index contributed by atoms with van der Waals surface area (Å²) in [4.78, 5) is 2.27. The van der Waals surface area contributed by atoms with Gasteiger partial charge < -0.3 is 9.64 Å². The summed E-state index contributed by atoms with van der Waals surface area (Å²) in [5.41, 5.74) is 2.46. The minimum Gasteiger partial charge on any atom is -0.497 e. The second-order valence-corrected chi connectivity index (χ2v) is 6.55. The molecule has 0 aliphatic rings. The highest BCUT2D eigenvalue weighted by Gasteiger charge is 2.13. The maximum absolute atomic E-state index is 5.24. The molecule has 0 fully saturated rings. The molecule has 0 bridgehead atoms. The number of hydrogen-bond donors (Lipinski definition) is 0. The Labute approximate surface area is 154 Å². The number of hydrogen-bond acceptors (Lipinski definition) is 2. The molecule has 0 spiro atoms. The molecular formula is C23H23N2O+. The molecule has 3 nitrogen and oxygen atoms in total. The lowest BCUT2D eigenvalue weighted by Gasteiger charge is -2.18. The van der Waals surface area contributed by atoms with Crippen LogP contribution in [0.2, 0.25) is 0 Å².